The van der Waals surface area contributed by atoms with E-state index in [0.717, 1.165) is 28.1 Å². The lowest BCUT2D eigenvalue weighted by Gasteiger charge is -2.20. The predicted molar refractivity (Wildman–Crippen MR) is 159 cm³/mol. The molecule has 1 atom stereocenters. The number of nitrogens with zero attached hydrogens (tertiary/aromatic N) is 6. The third-order valence-corrected chi connectivity index (χ3v) is 6.43. The summed E-state index contributed by atoms with van der Waals surface area (Å²) in [4.78, 5) is 0. The molecule has 0 saturated carbocycles. The first kappa shape index (κ1) is 27.3. The lowest BCUT2D eigenvalue weighted by atomic mass is 10.0. The van der Waals surface area contributed by atoms with Crippen LogP contribution in [0.3, 0.4) is 0 Å². The van der Waals surface area contributed by atoms with Crippen LogP contribution in [0.25, 0.3) is 0 Å². The summed E-state index contributed by atoms with van der Waals surface area (Å²) in [6, 6.07) is 30.3. The summed E-state index contributed by atoms with van der Waals surface area (Å²) in [5.41, 5.74) is 4.58. The molecule has 0 bridgehead atoms. The molecule has 0 heterocycles. The first-order valence-electron chi connectivity index (χ1n) is 13.3. The number of rotatable bonds is 9. The van der Waals surface area contributed by atoms with Crippen LogP contribution in [0.4, 0.5) is 17.1 Å². The van der Waals surface area contributed by atoms with Gasteiger partial charge in [-0.15, -0.1) is 0 Å². The van der Waals surface area contributed by atoms with E-state index in [-0.39, 0.29) is 5.75 Å². The molecule has 1 N–H and O–H groups in total. The monoisotopic (exact) mass is 542 g/mol. The van der Waals surface area contributed by atoms with Gasteiger partial charge in [-0.25, -0.2) is 0 Å². The Kier molecular flexibility index (Phi) is 8.49. The van der Waals surface area contributed by atoms with Gasteiger partial charge < -0.3 is 9.84 Å². The number of phenolic OH excluding ortho intramolecular Hbond substituents is 1. The van der Waals surface area contributed by atoms with Gasteiger partial charge in [-0.2, -0.15) is 30.7 Å². The predicted octanol–water partition coefficient (Wildman–Crippen LogP) is 9.78. The summed E-state index contributed by atoms with van der Waals surface area (Å²) in [7, 11) is 0. The molecule has 8 nitrogen and oxygen atoms in total. The van der Waals surface area contributed by atoms with Crippen molar-refractivity contribution < 1.29 is 9.84 Å². The van der Waals surface area contributed by atoms with Gasteiger partial charge in [-0.3, -0.25) is 0 Å². The van der Waals surface area contributed by atoms with Crippen molar-refractivity contribution in [2.45, 2.75) is 32.5 Å². The number of hydrogen-bond donors (Lipinski definition) is 1. The van der Waals surface area contributed by atoms with Crippen LogP contribution in [0.15, 0.2) is 152 Å². The molecule has 1 aliphatic carbocycles. The molecule has 1 unspecified atom stereocenters. The molecule has 5 rings (SSSR count). The van der Waals surface area contributed by atoms with Gasteiger partial charge in [0.2, 0.25) is 5.66 Å². The van der Waals surface area contributed by atoms with Gasteiger partial charge in [-0.05, 0) is 91.2 Å². The highest BCUT2D eigenvalue weighted by Gasteiger charge is 2.29. The third-order valence-electron chi connectivity index (χ3n) is 6.43. The maximum atomic E-state index is 9.76. The minimum absolute atomic E-state index is 0.177. The van der Waals surface area contributed by atoms with Gasteiger partial charge in [0.25, 0.3) is 0 Å². The van der Waals surface area contributed by atoms with Gasteiger partial charge in [0.15, 0.2) is 0 Å². The zero-order valence-corrected chi connectivity index (χ0v) is 22.9. The summed E-state index contributed by atoms with van der Waals surface area (Å²) >= 11 is 0. The SMILES string of the molecule is Cc1cc(O)ccc1N=NC1(N=Nc2ccc(OCc3ccccc3)cc2C)C=CC(N=Nc2ccccc2)=CC1. The number of allylic oxidation sites excluding steroid dienone is 1. The van der Waals surface area contributed by atoms with Crippen molar-refractivity contribution in [2.75, 3.05) is 0 Å². The minimum Gasteiger partial charge on any atom is -0.508 e. The van der Waals surface area contributed by atoms with E-state index in [1.54, 1.807) is 18.2 Å². The van der Waals surface area contributed by atoms with Crippen LogP contribution in [-0.2, 0) is 6.61 Å². The number of hydrogen-bond acceptors (Lipinski definition) is 8. The molecule has 0 radical (unpaired) electrons. The van der Waals surface area contributed by atoms with Crippen molar-refractivity contribution in [1.29, 1.82) is 0 Å². The lowest BCUT2D eigenvalue weighted by molar-refractivity contribution is 0.306. The highest BCUT2D eigenvalue weighted by molar-refractivity contribution is 5.49. The average molecular weight is 543 g/mol. The largest absolute Gasteiger partial charge is 0.508 e. The molecule has 1 aliphatic rings. The Balaban J connectivity index is 1.36. The van der Waals surface area contributed by atoms with Crippen molar-refractivity contribution >= 4 is 17.1 Å². The molecule has 0 amide bonds. The van der Waals surface area contributed by atoms with Crippen LogP contribution in [0.5, 0.6) is 11.5 Å². The van der Waals surface area contributed by atoms with E-state index >= 15 is 0 Å². The van der Waals surface area contributed by atoms with Gasteiger partial charge in [0.05, 0.1) is 22.8 Å². The summed E-state index contributed by atoms with van der Waals surface area (Å²) in [6.45, 7) is 4.32. The van der Waals surface area contributed by atoms with Gasteiger partial charge >= 0.3 is 0 Å². The standard InChI is InChI=1S/C33H30N6O2/c1-24-21-29(40)13-15-31(24)36-38-33(19-17-28(18-20-33)35-34-27-11-7-4-8-12-27)39-37-32-16-14-30(22-25(32)2)41-23-26-9-5-3-6-10-26/h3-19,21-22,40H,20,23H2,1-2H3. The number of ether oxygens (including phenoxy) is 1. The normalized spacial score (nSPS) is 17.0. The second-order valence-corrected chi connectivity index (χ2v) is 9.67. The molecule has 204 valence electrons. The highest BCUT2D eigenvalue weighted by Crippen LogP contribution is 2.34. The second kappa shape index (κ2) is 12.7. The van der Waals surface area contributed by atoms with Gasteiger partial charge in [0.1, 0.15) is 18.1 Å². The van der Waals surface area contributed by atoms with E-state index in [0.29, 0.717) is 30.1 Å². The van der Waals surface area contributed by atoms with Crippen molar-refractivity contribution in [3.05, 3.63) is 138 Å². The summed E-state index contributed by atoms with van der Waals surface area (Å²) < 4.78 is 5.95. The van der Waals surface area contributed by atoms with Gasteiger partial charge in [0, 0.05) is 6.42 Å². The number of phenols is 1. The third kappa shape index (κ3) is 7.45. The zero-order chi connectivity index (χ0) is 28.5. The summed E-state index contributed by atoms with van der Waals surface area (Å²) in [6.07, 6.45) is 5.97. The molecule has 0 aromatic heterocycles. The summed E-state index contributed by atoms with van der Waals surface area (Å²) in [5, 5.41) is 36.7. The number of benzene rings is 4. The summed E-state index contributed by atoms with van der Waals surface area (Å²) in [5.74, 6) is 0.938. The van der Waals surface area contributed by atoms with Crippen LogP contribution in [0, 0.1) is 13.8 Å². The van der Waals surface area contributed by atoms with E-state index in [2.05, 4.69) is 30.7 Å². The molecule has 0 saturated heterocycles. The first-order chi connectivity index (χ1) is 20.0. The number of aryl methyl sites for hydroxylation is 2. The lowest BCUT2D eigenvalue weighted by Crippen LogP contribution is -2.21. The Bertz CT molecular complexity index is 1650. The van der Waals surface area contributed by atoms with Crippen LogP contribution < -0.4 is 4.74 Å². The Hall–Kier alpha value is -5.24. The zero-order valence-electron chi connectivity index (χ0n) is 22.9. The van der Waals surface area contributed by atoms with Crippen LogP contribution in [0.2, 0.25) is 0 Å². The molecular formula is C33H30N6O2. The van der Waals surface area contributed by atoms with E-state index in [1.165, 1.54) is 0 Å². The minimum atomic E-state index is -1.06. The molecule has 0 spiro atoms. The van der Waals surface area contributed by atoms with Crippen LogP contribution in [0.1, 0.15) is 23.1 Å². The number of aromatic hydroxyl groups is 1. The van der Waals surface area contributed by atoms with E-state index in [1.807, 2.05) is 111 Å². The van der Waals surface area contributed by atoms with Crippen molar-refractivity contribution in [3.63, 3.8) is 0 Å². The van der Waals surface area contributed by atoms with E-state index < -0.39 is 5.66 Å². The van der Waals surface area contributed by atoms with Crippen LogP contribution in [-0.4, -0.2) is 10.8 Å². The molecule has 4 aromatic carbocycles. The molecule has 41 heavy (non-hydrogen) atoms. The molecule has 0 fully saturated rings. The Morgan fingerprint density at radius 2 is 1.39 bits per heavy atom. The van der Waals surface area contributed by atoms with Gasteiger partial charge in [-0.1, -0.05) is 54.6 Å². The van der Waals surface area contributed by atoms with Crippen molar-refractivity contribution in [2.24, 2.45) is 30.7 Å². The van der Waals surface area contributed by atoms with E-state index in [9.17, 15) is 5.11 Å². The number of azo groups is 3. The average Bonchev–Trinajstić information content (AvgIpc) is 3.00. The fourth-order valence-electron chi connectivity index (χ4n) is 4.07. The molecule has 0 aliphatic heterocycles. The fraction of sp³-hybridized carbons (Fsp3) is 0.152. The van der Waals surface area contributed by atoms with Crippen molar-refractivity contribution in [3.8, 4) is 11.5 Å². The second-order valence-electron chi connectivity index (χ2n) is 9.67. The Labute approximate surface area is 239 Å². The van der Waals surface area contributed by atoms with Crippen LogP contribution >= 0.6 is 0 Å². The fourth-order valence-corrected chi connectivity index (χ4v) is 4.07. The molecular weight excluding hydrogens is 512 g/mol. The highest BCUT2D eigenvalue weighted by atomic mass is 16.5. The maximum Gasteiger partial charge on any atom is 0.213 e. The van der Waals surface area contributed by atoms with Crippen molar-refractivity contribution in [1.82, 2.24) is 0 Å². The molecule has 8 heteroatoms. The Morgan fingerprint density at radius 3 is 2.02 bits per heavy atom. The smallest absolute Gasteiger partial charge is 0.213 e. The topological polar surface area (TPSA) is 104 Å². The quantitative estimate of drug-likeness (QED) is 0.213. The Morgan fingerprint density at radius 1 is 0.732 bits per heavy atom. The maximum absolute atomic E-state index is 9.76. The first-order valence-corrected chi connectivity index (χ1v) is 13.3. The molecule has 4 aromatic rings. The van der Waals surface area contributed by atoms with E-state index in [4.69, 9.17) is 4.74 Å².